The van der Waals surface area contributed by atoms with E-state index in [-0.39, 0.29) is 6.04 Å². The average molecular weight is 179 g/mol. The van der Waals surface area contributed by atoms with Gasteiger partial charge in [0.2, 0.25) is 0 Å². The van der Waals surface area contributed by atoms with E-state index in [0.29, 0.717) is 24.7 Å². The van der Waals surface area contributed by atoms with Crippen LogP contribution in [0.25, 0.3) is 0 Å². The van der Waals surface area contributed by atoms with Crippen molar-refractivity contribution in [3.8, 4) is 12.3 Å². The van der Waals surface area contributed by atoms with Crippen molar-refractivity contribution in [2.75, 3.05) is 6.54 Å². The highest BCUT2D eigenvalue weighted by molar-refractivity contribution is 5.79. The third-order valence-corrected chi connectivity index (χ3v) is 2.72. The van der Waals surface area contributed by atoms with E-state index in [1.165, 1.54) is 0 Å². The Balaban J connectivity index is 2.60. The number of piperidine rings is 1. The van der Waals surface area contributed by atoms with Gasteiger partial charge in [0.15, 0.2) is 0 Å². The number of hydrogen-bond donors (Lipinski definition) is 0. The van der Waals surface area contributed by atoms with Crippen LogP contribution in [0.3, 0.4) is 0 Å². The van der Waals surface area contributed by atoms with Crippen LogP contribution >= 0.6 is 0 Å². The zero-order chi connectivity index (χ0) is 9.84. The fraction of sp³-hybridized carbons (Fsp3) is 0.727. The van der Waals surface area contributed by atoms with Crippen molar-refractivity contribution in [2.45, 2.75) is 45.2 Å². The van der Waals surface area contributed by atoms with E-state index in [9.17, 15) is 4.79 Å². The lowest BCUT2D eigenvalue weighted by Gasteiger charge is -2.36. The van der Waals surface area contributed by atoms with Crippen LogP contribution in [0.4, 0.5) is 0 Å². The highest BCUT2D eigenvalue weighted by Gasteiger charge is 2.27. The highest BCUT2D eigenvalue weighted by atomic mass is 16.1. The number of nitrogens with zero attached hydrogens (tertiary/aromatic N) is 1. The summed E-state index contributed by atoms with van der Waals surface area (Å²) in [7, 11) is 0. The molecule has 72 valence electrons. The van der Waals surface area contributed by atoms with Crippen molar-refractivity contribution in [1.29, 1.82) is 0 Å². The van der Waals surface area contributed by atoms with Gasteiger partial charge in [0.1, 0.15) is 5.78 Å². The molecule has 0 spiro atoms. The molecule has 0 saturated carbocycles. The number of rotatable bonds is 2. The van der Waals surface area contributed by atoms with Crippen molar-refractivity contribution in [3.63, 3.8) is 0 Å². The molecule has 0 aromatic heterocycles. The summed E-state index contributed by atoms with van der Waals surface area (Å²) in [5, 5.41) is 0. The van der Waals surface area contributed by atoms with Gasteiger partial charge in [-0.25, -0.2) is 0 Å². The van der Waals surface area contributed by atoms with Crippen LogP contribution in [0.5, 0.6) is 0 Å². The number of likely N-dealkylation sites (tertiary alicyclic amines) is 1. The van der Waals surface area contributed by atoms with Gasteiger partial charge in [0.25, 0.3) is 0 Å². The molecule has 2 unspecified atom stereocenters. The minimum Gasteiger partial charge on any atom is -0.300 e. The Hall–Kier alpha value is -0.810. The number of Topliss-reactive ketones (excluding diaryl/α,β-unsaturated/α-hetero) is 1. The molecule has 0 bridgehead atoms. The summed E-state index contributed by atoms with van der Waals surface area (Å²) in [6.45, 7) is 5.01. The number of terminal acetylenes is 1. The van der Waals surface area contributed by atoms with Gasteiger partial charge in [-0.3, -0.25) is 9.69 Å². The number of carbonyl (C=O) groups excluding carboxylic acids is 1. The molecule has 1 saturated heterocycles. The lowest BCUT2D eigenvalue weighted by Crippen LogP contribution is -2.46. The van der Waals surface area contributed by atoms with Gasteiger partial charge < -0.3 is 0 Å². The van der Waals surface area contributed by atoms with Crippen molar-refractivity contribution in [3.05, 3.63) is 0 Å². The maximum Gasteiger partial charge on any atom is 0.135 e. The molecule has 2 atom stereocenters. The Labute approximate surface area is 80.3 Å². The van der Waals surface area contributed by atoms with Crippen LogP contribution in [0.15, 0.2) is 0 Å². The molecule has 2 heteroatoms. The number of carbonyl (C=O) groups is 1. The summed E-state index contributed by atoms with van der Waals surface area (Å²) >= 11 is 0. The first-order valence-electron chi connectivity index (χ1n) is 4.92. The first kappa shape index (κ1) is 10.3. The molecule has 1 rings (SSSR count). The molecule has 0 aliphatic carbocycles. The Kier molecular flexibility index (Phi) is 3.50. The van der Waals surface area contributed by atoms with Gasteiger partial charge in [-0.2, -0.15) is 0 Å². The molecular weight excluding hydrogens is 162 g/mol. The first-order chi connectivity index (χ1) is 6.19. The maximum atomic E-state index is 11.1. The van der Waals surface area contributed by atoms with Crippen molar-refractivity contribution in [1.82, 2.24) is 4.90 Å². The van der Waals surface area contributed by atoms with Crippen LogP contribution < -0.4 is 0 Å². The van der Waals surface area contributed by atoms with E-state index in [0.717, 1.165) is 13.0 Å². The molecule has 2 nitrogen and oxygen atoms in total. The van der Waals surface area contributed by atoms with Crippen LogP contribution in [0, 0.1) is 12.3 Å². The summed E-state index contributed by atoms with van der Waals surface area (Å²) < 4.78 is 0. The predicted molar refractivity (Wildman–Crippen MR) is 53.3 cm³/mol. The molecule has 1 aliphatic heterocycles. The predicted octanol–water partition coefficient (Wildman–Crippen LogP) is 1.45. The van der Waals surface area contributed by atoms with E-state index in [2.05, 4.69) is 24.7 Å². The van der Waals surface area contributed by atoms with E-state index in [1.54, 1.807) is 0 Å². The first-order valence-corrected chi connectivity index (χ1v) is 4.92. The second-order valence-electron chi connectivity index (χ2n) is 3.67. The lowest BCUT2D eigenvalue weighted by atomic mass is 9.99. The van der Waals surface area contributed by atoms with Crippen molar-refractivity contribution in [2.24, 2.45) is 0 Å². The maximum absolute atomic E-state index is 11.1. The van der Waals surface area contributed by atoms with Crippen molar-refractivity contribution >= 4 is 5.78 Å². The summed E-state index contributed by atoms with van der Waals surface area (Å²) in [5.41, 5.74) is 0. The van der Waals surface area contributed by atoms with Gasteiger partial charge in [-0.05, 0) is 13.3 Å². The molecule has 0 aromatic carbocycles. The minimum absolute atomic E-state index is 0.211. The molecule has 0 N–H and O–H groups in total. The Morgan fingerprint density at radius 3 is 2.92 bits per heavy atom. The van der Waals surface area contributed by atoms with Crippen LogP contribution in [-0.4, -0.2) is 29.3 Å². The second kappa shape index (κ2) is 4.43. The van der Waals surface area contributed by atoms with Crippen LogP contribution in [0.2, 0.25) is 0 Å². The molecule has 1 heterocycles. The lowest BCUT2D eigenvalue weighted by molar-refractivity contribution is -0.123. The zero-order valence-electron chi connectivity index (χ0n) is 8.42. The smallest absolute Gasteiger partial charge is 0.135 e. The molecule has 0 aromatic rings. The summed E-state index contributed by atoms with van der Waals surface area (Å²) in [6.07, 6.45) is 7.74. The largest absolute Gasteiger partial charge is 0.300 e. The number of hydrogen-bond acceptors (Lipinski definition) is 2. The van der Waals surface area contributed by atoms with Gasteiger partial charge in [0, 0.05) is 25.4 Å². The standard InChI is InChI=1S/C11H17NO/c1-4-10(5-2)12-7-6-11(13)8-9(12)3/h1,9-10H,5-8H2,2-3H3. The Bertz CT molecular complexity index is 229. The molecule has 0 radical (unpaired) electrons. The van der Waals surface area contributed by atoms with Crippen LogP contribution in [-0.2, 0) is 4.79 Å². The minimum atomic E-state index is 0.211. The normalized spacial score (nSPS) is 26.8. The van der Waals surface area contributed by atoms with E-state index < -0.39 is 0 Å². The third kappa shape index (κ3) is 2.32. The Morgan fingerprint density at radius 2 is 2.46 bits per heavy atom. The van der Waals surface area contributed by atoms with E-state index in [4.69, 9.17) is 6.42 Å². The molecule has 13 heavy (non-hydrogen) atoms. The van der Waals surface area contributed by atoms with Crippen LogP contribution in [0.1, 0.15) is 33.1 Å². The summed E-state index contributed by atoms with van der Waals surface area (Å²) in [5.74, 6) is 3.15. The van der Waals surface area contributed by atoms with Gasteiger partial charge >= 0.3 is 0 Å². The van der Waals surface area contributed by atoms with E-state index in [1.807, 2.05) is 0 Å². The van der Waals surface area contributed by atoms with Gasteiger partial charge in [0.05, 0.1) is 6.04 Å². The SMILES string of the molecule is C#CC(CC)N1CCC(=O)CC1C. The van der Waals surface area contributed by atoms with Gasteiger partial charge in [-0.1, -0.05) is 12.8 Å². The fourth-order valence-electron chi connectivity index (χ4n) is 1.93. The molecular formula is C11H17NO. The summed E-state index contributed by atoms with van der Waals surface area (Å²) in [6, 6.07) is 0.533. The summed E-state index contributed by atoms with van der Waals surface area (Å²) in [4.78, 5) is 13.4. The third-order valence-electron chi connectivity index (χ3n) is 2.72. The van der Waals surface area contributed by atoms with Gasteiger partial charge in [-0.15, -0.1) is 6.42 Å². The molecule has 0 amide bonds. The Morgan fingerprint density at radius 1 is 1.77 bits per heavy atom. The average Bonchev–Trinajstić information content (AvgIpc) is 2.10. The van der Waals surface area contributed by atoms with Crippen molar-refractivity contribution < 1.29 is 4.79 Å². The fourth-order valence-corrected chi connectivity index (χ4v) is 1.93. The second-order valence-corrected chi connectivity index (χ2v) is 3.67. The quantitative estimate of drug-likeness (QED) is 0.598. The highest BCUT2D eigenvalue weighted by Crippen LogP contribution is 2.17. The number of ketones is 1. The molecule has 1 fully saturated rings. The molecule has 1 aliphatic rings. The topological polar surface area (TPSA) is 20.3 Å². The van der Waals surface area contributed by atoms with E-state index >= 15 is 0 Å². The monoisotopic (exact) mass is 179 g/mol. The zero-order valence-corrected chi connectivity index (χ0v) is 8.42.